The highest BCUT2D eigenvalue weighted by Crippen LogP contribution is 2.26. The molecule has 2 aromatic carbocycles. The summed E-state index contributed by atoms with van der Waals surface area (Å²) in [5, 5.41) is 3.63. The number of halogens is 2. The molecule has 0 heterocycles. The molecule has 0 aliphatic rings. The second-order valence-corrected chi connectivity index (χ2v) is 6.74. The van der Waals surface area contributed by atoms with Crippen LogP contribution in [0.25, 0.3) is 0 Å². The maximum atomic E-state index is 12.6. The van der Waals surface area contributed by atoms with Gasteiger partial charge in [-0.15, -0.1) is 12.4 Å². The number of benzene rings is 2. The van der Waals surface area contributed by atoms with Crippen LogP contribution in [0.4, 0.5) is 5.69 Å². The quantitative estimate of drug-likeness (QED) is 0.749. The van der Waals surface area contributed by atoms with Crippen LogP contribution in [0.15, 0.2) is 48.5 Å². The first-order valence-electron chi connectivity index (χ1n) is 7.89. The molecule has 0 saturated carbocycles. The molecule has 0 aliphatic carbocycles. The van der Waals surface area contributed by atoms with Gasteiger partial charge in [0.25, 0.3) is 0 Å². The number of nitrogens with one attached hydrogen (secondary N) is 1. The molecule has 0 bridgehead atoms. The first-order valence-corrected chi connectivity index (χ1v) is 8.27. The van der Waals surface area contributed by atoms with Gasteiger partial charge in [0.15, 0.2) is 0 Å². The van der Waals surface area contributed by atoms with E-state index in [0.717, 1.165) is 17.0 Å². The number of carbonyl (C=O) groups excluding carboxylic acids is 1. The van der Waals surface area contributed by atoms with E-state index in [9.17, 15) is 4.79 Å². The van der Waals surface area contributed by atoms with Gasteiger partial charge in [-0.1, -0.05) is 37.6 Å². The molecule has 25 heavy (non-hydrogen) atoms. The molecular weight excluding hydrogens is 359 g/mol. The van der Waals surface area contributed by atoms with Crippen molar-refractivity contribution < 1.29 is 9.53 Å². The van der Waals surface area contributed by atoms with Gasteiger partial charge in [0, 0.05) is 22.7 Å². The third-order valence-electron chi connectivity index (χ3n) is 3.65. The molecule has 6 heteroatoms. The standard InChI is InChI=1S/C19H23ClN2O2.ClH/c1-19(2,13-14-4-3-5-15(20)12-14)18(23)22-16-6-8-17(9-7-16)24-11-10-21;/h3-9,12H,10-11,13,21H2,1-2H3,(H,22,23);1H. The van der Waals surface area contributed by atoms with Crippen LogP contribution in [0.5, 0.6) is 5.75 Å². The lowest BCUT2D eigenvalue weighted by molar-refractivity contribution is -0.123. The first kappa shape index (κ1) is 21.3. The molecule has 0 atom stereocenters. The van der Waals surface area contributed by atoms with Crippen molar-refractivity contribution in [1.82, 2.24) is 0 Å². The third kappa shape index (κ3) is 6.58. The average molecular weight is 383 g/mol. The van der Waals surface area contributed by atoms with E-state index < -0.39 is 5.41 Å². The van der Waals surface area contributed by atoms with Gasteiger partial charge in [-0.3, -0.25) is 4.79 Å². The third-order valence-corrected chi connectivity index (χ3v) is 3.88. The lowest BCUT2D eigenvalue weighted by atomic mass is 9.84. The van der Waals surface area contributed by atoms with Gasteiger partial charge in [0.2, 0.25) is 5.91 Å². The molecule has 136 valence electrons. The Morgan fingerprint density at radius 3 is 2.48 bits per heavy atom. The van der Waals surface area contributed by atoms with Crippen molar-refractivity contribution in [3.63, 3.8) is 0 Å². The second kappa shape index (κ2) is 9.66. The highest BCUT2D eigenvalue weighted by Gasteiger charge is 2.28. The van der Waals surface area contributed by atoms with Crippen LogP contribution in [0.3, 0.4) is 0 Å². The van der Waals surface area contributed by atoms with Gasteiger partial charge in [-0.05, 0) is 48.4 Å². The van der Waals surface area contributed by atoms with Gasteiger partial charge < -0.3 is 15.8 Å². The number of hydrogen-bond donors (Lipinski definition) is 2. The molecule has 0 aromatic heterocycles. The molecule has 3 N–H and O–H groups in total. The van der Waals surface area contributed by atoms with E-state index in [1.54, 1.807) is 0 Å². The summed E-state index contributed by atoms with van der Waals surface area (Å²) in [5.41, 5.74) is 6.62. The Balaban J connectivity index is 0.00000312. The largest absolute Gasteiger partial charge is 0.492 e. The van der Waals surface area contributed by atoms with E-state index >= 15 is 0 Å². The monoisotopic (exact) mass is 382 g/mol. The number of nitrogens with two attached hydrogens (primary N) is 1. The lowest BCUT2D eigenvalue weighted by Gasteiger charge is -2.24. The molecule has 0 saturated heterocycles. The first-order chi connectivity index (χ1) is 11.4. The zero-order chi connectivity index (χ0) is 17.6. The fraction of sp³-hybridized carbons (Fsp3) is 0.316. The Bertz CT molecular complexity index is 688. The topological polar surface area (TPSA) is 64.3 Å². The molecule has 0 spiro atoms. The molecule has 0 unspecified atom stereocenters. The molecule has 0 radical (unpaired) electrons. The molecule has 4 nitrogen and oxygen atoms in total. The summed E-state index contributed by atoms with van der Waals surface area (Å²) in [5.74, 6) is 0.690. The van der Waals surface area contributed by atoms with E-state index in [-0.39, 0.29) is 18.3 Å². The average Bonchev–Trinajstić information content (AvgIpc) is 2.53. The summed E-state index contributed by atoms with van der Waals surface area (Å²) >= 11 is 6.01. The van der Waals surface area contributed by atoms with Crippen molar-refractivity contribution in [3.05, 3.63) is 59.1 Å². The Morgan fingerprint density at radius 1 is 1.20 bits per heavy atom. The SMILES string of the molecule is CC(C)(Cc1cccc(Cl)c1)C(=O)Nc1ccc(OCCN)cc1.Cl. The Labute approximate surface area is 160 Å². The van der Waals surface area contributed by atoms with E-state index in [1.165, 1.54) is 0 Å². The fourth-order valence-corrected chi connectivity index (χ4v) is 2.56. The van der Waals surface area contributed by atoms with Gasteiger partial charge in [-0.25, -0.2) is 0 Å². The molecule has 2 aromatic rings. The second-order valence-electron chi connectivity index (χ2n) is 6.31. The van der Waals surface area contributed by atoms with E-state index in [4.69, 9.17) is 22.1 Å². The number of hydrogen-bond acceptors (Lipinski definition) is 3. The van der Waals surface area contributed by atoms with Crippen molar-refractivity contribution in [2.45, 2.75) is 20.3 Å². The lowest BCUT2D eigenvalue weighted by Crippen LogP contribution is -2.32. The predicted molar refractivity (Wildman–Crippen MR) is 106 cm³/mol. The number of amides is 1. The highest BCUT2D eigenvalue weighted by atomic mass is 35.5. The molecule has 2 rings (SSSR count). The van der Waals surface area contributed by atoms with Crippen molar-refractivity contribution in [2.24, 2.45) is 11.1 Å². The van der Waals surface area contributed by atoms with Crippen LogP contribution >= 0.6 is 24.0 Å². The summed E-state index contributed by atoms with van der Waals surface area (Å²) in [6.07, 6.45) is 0.608. The smallest absolute Gasteiger partial charge is 0.230 e. The van der Waals surface area contributed by atoms with Crippen LogP contribution < -0.4 is 15.8 Å². The van der Waals surface area contributed by atoms with Gasteiger partial charge in [0.1, 0.15) is 12.4 Å². The Kier molecular flexibility index (Phi) is 8.23. The normalized spacial score (nSPS) is 10.7. The minimum Gasteiger partial charge on any atom is -0.492 e. The molecule has 0 aliphatic heterocycles. The summed E-state index contributed by atoms with van der Waals surface area (Å²) < 4.78 is 5.42. The van der Waals surface area contributed by atoms with Gasteiger partial charge >= 0.3 is 0 Å². The Morgan fingerprint density at radius 2 is 1.88 bits per heavy atom. The van der Waals surface area contributed by atoms with Crippen LogP contribution in [0.2, 0.25) is 5.02 Å². The van der Waals surface area contributed by atoms with Crippen molar-refractivity contribution in [1.29, 1.82) is 0 Å². The molecule has 0 fully saturated rings. The number of ether oxygens (including phenoxy) is 1. The van der Waals surface area contributed by atoms with Gasteiger partial charge in [-0.2, -0.15) is 0 Å². The van der Waals surface area contributed by atoms with E-state index in [2.05, 4.69) is 5.32 Å². The maximum absolute atomic E-state index is 12.6. The summed E-state index contributed by atoms with van der Waals surface area (Å²) in [4.78, 5) is 12.6. The minimum absolute atomic E-state index is 0. The van der Waals surface area contributed by atoms with E-state index in [1.807, 2.05) is 62.4 Å². The summed E-state index contributed by atoms with van der Waals surface area (Å²) in [7, 11) is 0. The number of carbonyl (C=O) groups is 1. The number of rotatable bonds is 7. The molecular formula is C19H24Cl2N2O2. The zero-order valence-electron chi connectivity index (χ0n) is 14.4. The predicted octanol–water partition coefficient (Wildman–Crippen LogP) is 4.31. The minimum atomic E-state index is -0.556. The zero-order valence-corrected chi connectivity index (χ0v) is 16.0. The van der Waals surface area contributed by atoms with Crippen LogP contribution in [0.1, 0.15) is 19.4 Å². The fourth-order valence-electron chi connectivity index (χ4n) is 2.35. The summed E-state index contributed by atoms with van der Waals surface area (Å²) in [6.45, 7) is 4.78. The summed E-state index contributed by atoms with van der Waals surface area (Å²) in [6, 6.07) is 14.9. The molecule has 1 amide bonds. The maximum Gasteiger partial charge on any atom is 0.230 e. The van der Waals surface area contributed by atoms with E-state index in [0.29, 0.717) is 24.6 Å². The van der Waals surface area contributed by atoms with Crippen molar-refractivity contribution in [3.8, 4) is 5.75 Å². The van der Waals surface area contributed by atoms with Crippen LogP contribution in [-0.4, -0.2) is 19.1 Å². The Hall–Kier alpha value is -1.75. The van der Waals surface area contributed by atoms with Gasteiger partial charge in [0.05, 0.1) is 0 Å². The van der Waals surface area contributed by atoms with Crippen molar-refractivity contribution in [2.75, 3.05) is 18.5 Å². The van der Waals surface area contributed by atoms with Crippen LogP contribution in [-0.2, 0) is 11.2 Å². The number of anilines is 1. The highest BCUT2D eigenvalue weighted by molar-refractivity contribution is 6.30. The van der Waals surface area contributed by atoms with Crippen LogP contribution in [0, 0.1) is 5.41 Å². The van der Waals surface area contributed by atoms with Crippen molar-refractivity contribution >= 4 is 35.6 Å².